The van der Waals surface area contributed by atoms with Crippen LogP contribution in [0.25, 0.3) is 0 Å². The summed E-state index contributed by atoms with van der Waals surface area (Å²) in [6, 6.07) is 10.2. The van der Waals surface area contributed by atoms with E-state index in [-0.39, 0.29) is 12.7 Å². The highest BCUT2D eigenvalue weighted by atomic mass is 16.5. The summed E-state index contributed by atoms with van der Waals surface area (Å²) in [4.78, 5) is 0. The summed E-state index contributed by atoms with van der Waals surface area (Å²) in [5, 5.41) is 8.89. The van der Waals surface area contributed by atoms with Crippen molar-refractivity contribution in [3.63, 3.8) is 0 Å². The topological polar surface area (TPSA) is 29.5 Å². The minimum Gasteiger partial charge on any atom is -0.394 e. The van der Waals surface area contributed by atoms with Crippen LogP contribution in [0.2, 0.25) is 0 Å². The lowest BCUT2D eigenvalue weighted by Crippen LogP contribution is -2.40. The molecule has 0 aliphatic carbocycles. The maximum absolute atomic E-state index is 8.89. The molecule has 12 heavy (non-hydrogen) atoms. The SMILES string of the molecule is OC[C@@H]1OC[C@@H]1c1ccccc1. The van der Waals surface area contributed by atoms with Crippen molar-refractivity contribution in [1.82, 2.24) is 0 Å². The van der Waals surface area contributed by atoms with E-state index < -0.39 is 0 Å². The fourth-order valence-electron chi connectivity index (χ4n) is 1.52. The lowest BCUT2D eigenvalue weighted by molar-refractivity contribution is -0.101. The Morgan fingerprint density at radius 2 is 2.08 bits per heavy atom. The highest BCUT2D eigenvalue weighted by Gasteiger charge is 2.32. The van der Waals surface area contributed by atoms with E-state index in [2.05, 4.69) is 12.1 Å². The number of hydrogen-bond donors (Lipinski definition) is 1. The van der Waals surface area contributed by atoms with Crippen molar-refractivity contribution in [3.8, 4) is 0 Å². The molecule has 64 valence electrons. The fraction of sp³-hybridized carbons (Fsp3) is 0.400. The van der Waals surface area contributed by atoms with E-state index >= 15 is 0 Å². The molecule has 1 aliphatic heterocycles. The van der Waals surface area contributed by atoms with Gasteiger partial charge in [0.15, 0.2) is 0 Å². The molecule has 1 N–H and O–H groups in total. The van der Waals surface area contributed by atoms with Gasteiger partial charge in [-0.05, 0) is 5.56 Å². The first kappa shape index (κ1) is 7.77. The van der Waals surface area contributed by atoms with E-state index in [1.54, 1.807) is 0 Å². The third-order valence-electron chi connectivity index (χ3n) is 2.35. The smallest absolute Gasteiger partial charge is 0.0896 e. The second-order valence-electron chi connectivity index (χ2n) is 3.07. The third-order valence-corrected chi connectivity index (χ3v) is 2.35. The van der Waals surface area contributed by atoms with E-state index in [1.807, 2.05) is 18.2 Å². The van der Waals surface area contributed by atoms with Gasteiger partial charge in [-0.25, -0.2) is 0 Å². The fourth-order valence-corrected chi connectivity index (χ4v) is 1.52. The lowest BCUT2D eigenvalue weighted by atomic mass is 9.90. The van der Waals surface area contributed by atoms with Gasteiger partial charge in [0.1, 0.15) is 0 Å². The molecule has 2 nitrogen and oxygen atoms in total. The highest BCUT2D eigenvalue weighted by Crippen LogP contribution is 2.30. The Morgan fingerprint density at radius 3 is 2.58 bits per heavy atom. The molecule has 2 atom stereocenters. The van der Waals surface area contributed by atoms with Crippen molar-refractivity contribution in [2.75, 3.05) is 13.2 Å². The molecule has 0 amide bonds. The molecule has 1 aromatic rings. The summed E-state index contributed by atoms with van der Waals surface area (Å²) < 4.78 is 5.20. The van der Waals surface area contributed by atoms with Crippen LogP contribution in [0.3, 0.4) is 0 Å². The third kappa shape index (κ3) is 1.24. The minimum atomic E-state index is 0.0207. The van der Waals surface area contributed by atoms with Gasteiger partial charge in [0.05, 0.1) is 19.3 Å². The van der Waals surface area contributed by atoms with E-state index in [9.17, 15) is 0 Å². The van der Waals surface area contributed by atoms with Crippen LogP contribution in [-0.2, 0) is 4.74 Å². The van der Waals surface area contributed by atoms with Crippen molar-refractivity contribution in [3.05, 3.63) is 35.9 Å². The summed E-state index contributed by atoms with van der Waals surface area (Å²) in [6.07, 6.45) is 0.0207. The molecular formula is C10H12O2. The highest BCUT2D eigenvalue weighted by molar-refractivity contribution is 5.22. The number of aliphatic hydroxyl groups is 1. The van der Waals surface area contributed by atoms with Crippen LogP contribution in [0.5, 0.6) is 0 Å². The maximum Gasteiger partial charge on any atom is 0.0896 e. The van der Waals surface area contributed by atoms with Crippen LogP contribution in [0.15, 0.2) is 30.3 Å². The van der Waals surface area contributed by atoms with Gasteiger partial charge in [-0.3, -0.25) is 0 Å². The van der Waals surface area contributed by atoms with Crippen LogP contribution in [-0.4, -0.2) is 24.4 Å². The molecule has 1 saturated heterocycles. The van der Waals surface area contributed by atoms with Crippen LogP contribution >= 0.6 is 0 Å². The molecule has 0 unspecified atom stereocenters. The Labute approximate surface area is 71.8 Å². The Balaban J connectivity index is 2.11. The van der Waals surface area contributed by atoms with Crippen molar-refractivity contribution < 1.29 is 9.84 Å². The molecule has 0 spiro atoms. The summed E-state index contributed by atoms with van der Waals surface area (Å²) in [7, 11) is 0. The standard InChI is InChI=1S/C10H12O2/c11-6-10-9(7-12-10)8-4-2-1-3-5-8/h1-5,9-11H,6-7H2/t9-,10+/m1/s1. The van der Waals surface area contributed by atoms with E-state index in [0.717, 1.165) is 6.61 Å². The average molecular weight is 164 g/mol. The number of aliphatic hydroxyl groups excluding tert-OH is 1. The molecule has 1 aliphatic rings. The van der Waals surface area contributed by atoms with Crippen molar-refractivity contribution >= 4 is 0 Å². The predicted molar refractivity (Wildman–Crippen MR) is 46.0 cm³/mol. The molecule has 1 heterocycles. The van der Waals surface area contributed by atoms with E-state index in [4.69, 9.17) is 9.84 Å². The number of rotatable bonds is 2. The zero-order valence-corrected chi connectivity index (χ0v) is 6.81. The predicted octanol–water partition coefficient (Wildman–Crippen LogP) is 1.16. The minimum absolute atomic E-state index is 0.0207. The first-order valence-corrected chi connectivity index (χ1v) is 4.19. The van der Waals surface area contributed by atoms with Crippen molar-refractivity contribution in [2.24, 2.45) is 0 Å². The maximum atomic E-state index is 8.89. The zero-order valence-electron chi connectivity index (χ0n) is 6.81. The number of hydrogen-bond acceptors (Lipinski definition) is 2. The summed E-state index contributed by atoms with van der Waals surface area (Å²) in [5.74, 6) is 0.399. The first-order chi connectivity index (χ1) is 5.92. The van der Waals surface area contributed by atoms with Crippen molar-refractivity contribution in [1.29, 1.82) is 0 Å². The second-order valence-corrected chi connectivity index (χ2v) is 3.07. The Morgan fingerprint density at radius 1 is 1.33 bits per heavy atom. The summed E-state index contributed by atoms with van der Waals surface area (Å²) in [6.45, 7) is 0.870. The van der Waals surface area contributed by atoms with Gasteiger partial charge in [-0.2, -0.15) is 0 Å². The molecule has 0 radical (unpaired) electrons. The molecule has 0 bridgehead atoms. The molecule has 2 rings (SSSR count). The molecule has 0 aromatic heterocycles. The Hall–Kier alpha value is -0.860. The van der Waals surface area contributed by atoms with E-state index in [0.29, 0.717) is 5.92 Å². The van der Waals surface area contributed by atoms with Crippen LogP contribution in [0.4, 0.5) is 0 Å². The Bertz CT molecular complexity index is 243. The van der Waals surface area contributed by atoms with E-state index in [1.165, 1.54) is 5.56 Å². The molecular weight excluding hydrogens is 152 g/mol. The first-order valence-electron chi connectivity index (χ1n) is 4.19. The van der Waals surface area contributed by atoms with Gasteiger partial charge in [-0.1, -0.05) is 30.3 Å². The second kappa shape index (κ2) is 3.25. The lowest BCUT2D eigenvalue weighted by Gasteiger charge is -2.35. The zero-order chi connectivity index (χ0) is 8.39. The van der Waals surface area contributed by atoms with Crippen LogP contribution < -0.4 is 0 Å². The summed E-state index contributed by atoms with van der Waals surface area (Å²) >= 11 is 0. The molecule has 1 aromatic carbocycles. The normalized spacial score (nSPS) is 28.1. The molecule has 0 saturated carbocycles. The van der Waals surface area contributed by atoms with Gasteiger partial charge in [0.25, 0.3) is 0 Å². The van der Waals surface area contributed by atoms with Crippen LogP contribution in [0.1, 0.15) is 11.5 Å². The quantitative estimate of drug-likeness (QED) is 0.710. The monoisotopic (exact) mass is 164 g/mol. The number of benzene rings is 1. The van der Waals surface area contributed by atoms with Gasteiger partial charge in [0, 0.05) is 5.92 Å². The van der Waals surface area contributed by atoms with Gasteiger partial charge in [0.2, 0.25) is 0 Å². The van der Waals surface area contributed by atoms with Crippen molar-refractivity contribution in [2.45, 2.75) is 12.0 Å². The largest absolute Gasteiger partial charge is 0.394 e. The van der Waals surface area contributed by atoms with Gasteiger partial charge < -0.3 is 9.84 Å². The van der Waals surface area contributed by atoms with Crippen LogP contribution in [0, 0.1) is 0 Å². The molecule has 2 heteroatoms. The van der Waals surface area contributed by atoms with Gasteiger partial charge in [-0.15, -0.1) is 0 Å². The molecule has 1 fully saturated rings. The van der Waals surface area contributed by atoms with Gasteiger partial charge >= 0.3 is 0 Å². The Kier molecular flexibility index (Phi) is 2.11. The average Bonchev–Trinajstić information content (AvgIpc) is 2.05. The number of ether oxygens (including phenoxy) is 1. The summed E-state index contributed by atoms with van der Waals surface area (Å²) in [5.41, 5.74) is 1.27.